The van der Waals surface area contributed by atoms with Crippen LogP contribution in [0, 0.1) is 6.92 Å². The van der Waals surface area contributed by atoms with Crippen molar-refractivity contribution in [1.82, 2.24) is 0 Å². The van der Waals surface area contributed by atoms with Crippen LogP contribution >= 0.6 is 0 Å². The lowest BCUT2D eigenvalue weighted by Gasteiger charge is -2.17. The molecular weight excluding hydrogens is 492 g/mol. The molecule has 36 heavy (non-hydrogen) atoms. The van der Waals surface area contributed by atoms with E-state index in [1.807, 2.05) is 0 Å². The lowest BCUT2D eigenvalue weighted by Crippen LogP contribution is -2.29. The standard InChI is InChI=1S/C21H12O15/c1-5-2-3-6(7(4-5)14(22)23)20(34)36-21(35)13-11(18(30)31)9(16(26)27)8(15(24)25)10(17(28)29)12(13)19(32)33/h2-4H,1H3,(H,22,23)(H,24,25)(H,26,27)(H,28,29)(H,30,31)(H,32,33). The van der Waals surface area contributed by atoms with Crippen molar-refractivity contribution in [3.05, 3.63) is 68.3 Å². The van der Waals surface area contributed by atoms with E-state index >= 15 is 0 Å². The molecule has 0 amide bonds. The number of carbonyl (C=O) groups excluding carboxylic acids is 2. The summed E-state index contributed by atoms with van der Waals surface area (Å²) in [6.07, 6.45) is 0. The Morgan fingerprint density at radius 2 is 0.861 bits per heavy atom. The minimum atomic E-state index is -2.38. The smallest absolute Gasteiger partial charge is 0.347 e. The summed E-state index contributed by atoms with van der Waals surface area (Å²) in [7, 11) is 0. The Balaban J connectivity index is 2.96. The molecule has 6 N–H and O–H groups in total. The van der Waals surface area contributed by atoms with Gasteiger partial charge in [0, 0.05) is 0 Å². The summed E-state index contributed by atoms with van der Waals surface area (Å²) in [6.45, 7) is 1.45. The summed E-state index contributed by atoms with van der Waals surface area (Å²) in [5.74, 6) is -17.4. The van der Waals surface area contributed by atoms with Crippen molar-refractivity contribution in [3.63, 3.8) is 0 Å². The Morgan fingerprint density at radius 3 is 1.19 bits per heavy atom. The average molecular weight is 504 g/mol. The van der Waals surface area contributed by atoms with E-state index in [1.165, 1.54) is 13.0 Å². The molecule has 2 aromatic carbocycles. The molecule has 0 fully saturated rings. The van der Waals surface area contributed by atoms with E-state index in [2.05, 4.69) is 4.74 Å². The highest BCUT2D eigenvalue weighted by atomic mass is 16.6. The van der Waals surface area contributed by atoms with Crippen molar-refractivity contribution in [1.29, 1.82) is 0 Å². The molecule has 2 rings (SSSR count). The first kappa shape index (κ1) is 26.7. The first-order valence-corrected chi connectivity index (χ1v) is 9.12. The largest absolute Gasteiger partial charge is 0.478 e. The highest BCUT2D eigenvalue weighted by Crippen LogP contribution is 2.31. The number of hydrogen-bond donors (Lipinski definition) is 6. The van der Waals surface area contributed by atoms with Crippen LogP contribution in [0.15, 0.2) is 18.2 Å². The van der Waals surface area contributed by atoms with Crippen LogP contribution in [-0.2, 0) is 4.74 Å². The Labute approximate surface area is 197 Å². The van der Waals surface area contributed by atoms with Gasteiger partial charge in [0.15, 0.2) is 0 Å². The van der Waals surface area contributed by atoms with Gasteiger partial charge in [-0.05, 0) is 19.1 Å². The van der Waals surface area contributed by atoms with Gasteiger partial charge in [0.2, 0.25) is 0 Å². The van der Waals surface area contributed by atoms with Gasteiger partial charge in [-0.15, -0.1) is 0 Å². The lowest BCUT2D eigenvalue weighted by atomic mass is 9.86. The quantitative estimate of drug-likeness (QED) is 0.217. The molecule has 15 heteroatoms. The number of carboxylic acid groups (broad SMARTS) is 6. The van der Waals surface area contributed by atoms with Crippen LogP contribution in [0.1, 0.15) is 88.4 Å². The highest BCUT2D eigenvalue weighted by molar-refractivity contribution is 6.24. The molecule has 0 unspecified atom stereocenters. The van der Waals surface area contributed by atoms with Gasteiger partial charge in [0.05, 0.1) is 44.5 Å². The summed E-state index contributed by atoms with van der Waals surface area (Å²) in [4.78, 5) is 95.5. The minimum Gasteiger partial charge on any atom is -0.478 e. The minimum absolute atomic E-state index is 0.359. The van der Waals surface area contributed by atoms with E-state index < -0.39 is 92.3 Å². The van der Waals surface area contributed by atoms with Crippen LogP contribution in [0.4, 0.5) is 0 Å². The number of benzene rings is 2. The van der Waals surface area contributed by atoms with Crippen LogP contribution < -0.4 is 0 Å². The number of esters is 2. The summed E-state index contributed by atoms with van der Waals surface area (Å²) in [6, 6.07) is 3.14. The fourth-order valence-electron chi connectivity index (χ4n) is 3.23. The number of ether oxygens (including phenoxy) is 1. The van der Waals surface area contributed by atoms with Crippen molar-refractivity contribution in [2.24, 2.45) is 0 Å². The monoisotopic (exact) mass is 504 g/mol. The second-order valence-corrected chi connectivity index (χ2v) is 6.81. The van der Waals surface area contributed by atoms with E-state index in [0.717, 1.165) is 12.1 Å². The van der Waals surface area contributed by atoms with Crippen molar-refractivity contribution >= 4 is 47.8 Å². The third kappa shape index (κ3) is 4.69. The van der Waals surface area contributed by atoms with E-state index in [-0.39, 0.29) is 0 Å². The molecule has 0 aliphatic heterocycles. The predicted molar refractivity (Wildman–Crippen MR) is 109 cm³/mol. The van der Waals surface area contributed by atoms with Gasteiger partial charge < -0.3 is 35.4 Å². The Morgan fingerprint density at radius 1 is 0.500 bits per heavy atom. The van der Waals surface area contributed by atoms with E-state index in [9.17, 15) is 69.0 Å². The number of carboxylic acids is 6. The molecule has 0 aliphatic carbocycles. The van der Waals surface area contributed by atoms with Crippen molar-refractivity contribution in [2.75, 3.05) is 0 Å². The Bertz CT molecular complexity index is 1360. The molecule has 0 saturated carbocycles. The summed E-state index contributed by atoms with van der Waals surface area (Å²) < 4.78 is 4.40. The van der Waals surface area contributed by atoms with Gasteiger partial charge in [0.1, 0.15) is 0 Å². The van der Waals surface area contributed by atoms with Crippen molar-refractivity contribution in [2.45, 2.75) is 6.92 Å². The third-order valence-electron chi connectivity index (χ3n) is 4.58. The van der Waals surface area contributed by atoms with Gasteiger partial charge in [-0.2, -0.15) is 0 Å². The Hall–Kier alpha value is -5.60. The second-order valence-electron chi connectivity index (χ2n) is 6.81. The van der Waals surface area contributed by atoms with Crippen LogP contribution in [0.2, 0.25) is 0 Å². The van der Waals surface area contributed by atoms with Gasteiger partial charge in [-0.1, -0.05) is 11.6 Å². The Kier molecular flexibility index (Phi) is 7.19. The molecule has 0 saturated heterocycles. The molecule has 0 atom stereocenters. The molecule has 15 nitrogen and oxygen atoms in total. The van der Waals surface area contributed by atoms with Gasteiger partial charge in [-0.25, -0.2) is 38.4 Å². The highest BCUT2D eigenvalue weighted by Gasteiger charge is 2.41. The first-order valence-electron chi connectivity index (χ1n) is 9.12. The fourth-order valence-corrected chi connectivity index (χ4v) is 3.23. The van der Waals surface area contributed by atoms with Crippen LogP contribution in [-0.4, -0.2) is 78.4 Å². The van der Waals surface area contributed by atoms with Crippen LogP contribution in [0.5, 0.6) is 0 Å². The molecule has 2 aromatic rings. The maximum Gasteiger partial charge on any atom is 0.347 e. The zero-order valence-electron chi connectivity index (χ0n) is 17.6. The number of carbonyl (C=O) groups is 8. The van der Waals surface area contributed by atoms with Crippen LogP contribution in [0.3, 0.4) is 0 Å². The molecule has 186 valence electrons. The fraction of sp³-hybridized carbons (Fsp3) is 0.0476. The maximum atomic E-state index is 12.8. The maximum absolute atomic E-state index is 12.8. The third-order valence-corrected chi connectivity index (χ3v) is 4.58. The van der Waals surface area contributed by atoms with Crippen molar-refractivity contribution in [3.8, 4) is 0 Å². The normalized spacial score (nSPS) is 10.2. The summed E-state index contributed by atoms with van der Waals surface area (Å²) >= 11 is 0. The zero-order valence-corrected chi connectivity index (χ0v) is 17.6. The van der Waals surface area contributed by atoms with E-state index in [1.54, 1.807) is 0 Å². The molecule has 0 spiro atoms. The van der Waals surface area contributed by atoms with Gasteiger partial charge in [-0.3, -0.25) is 0 Å². The SMILES string of the molecule is Cc1ccc(C(=O)OC(=O)c2c(C(=O)O)c(C(=O)O)c(C(=O)O)c(C(=O)O)c2C(=O)O)c(C(=O)O)c1. The molecule has 0 aliphatic rings. The van der Waals surface area contributed by atoms with Crippen LogP contribution in [0.25, 0.3) is 0 Å². The molecule has 0 bridgehead atoms. The lowest BCUT2D eigenvalue weighted by molar-refractivity contribution is 0.0380. The van der Waals surface area contributed by atoms with Crippen molar-refractivity contribution < 1.29 is 73.7 Å². The molecular formula is C21H12O15. The second kappa shape index (κ2) is 9.72. The predicted octanol–water partition coefficient (Wildman–Crippen LogP) is 1.18. The van der Waals surface area contributed by atoms with Gasteiger partial charge in [0.25, 0.3) is 0 Å². The molecule has 0 heterocycles. The number of aryl methyl sites for hydroxylation is 1. The van der Waals surface area contributed by atoms with Gasteiger partial charge >= 0.3 is 47.8 Å². The van der Waals surface area contributed by atoms with E-state index in [4.69, 9.17) is 0 Å². The molecule has 0 radical (unpaired) electrons. The summed E-state index contributed by atoms with van der Waals surface area (Å²) in [5.41, 5.74) is -11.7. The number of aromatic carboxylic acids is 6. The average Bonchev–Trinajstić information content (AvgIpc) is 2.75. The number of hydrogen-bond acceptors (Lipinski definition) is 9. The van der Waals surface area contributed by atoms with E-state index in [0.29, 0.717) is 5.56 Å². The topological polar surface area (TPSA) is 267 Å². The first-order chi connectivity index (χ1) is 16.6. The number of rotatable bonds is 8. The summed E-state index contributed by atoms with van der Waals surface area (Å²) in [5, 5.41) is 56.5. The molecule has 0 aromatic heterocycles. The zero-order chi connectivity index (χ0) is 27.6.